The van der Waals surface area contributed by atoms with Crippen LogP contribution in [0.1, 0.15) is 56.7 Å². The van der Waals surface area contributed by atoms with E-state index >= 15 is 0 Å². The van der Waals surface area contributed by atoms with Gasteiger partial charge in [-0.1, -0.05) is 19.3 Å². The molecule has 41 heavy (non-hydrogen) atoms. The van der Waals surface area contributed by atoms with Crippen molar-refractivity contribution in [2.75, 3.05) is 44.7 Å². The van der Waals surface area contributed by atoms with Gasteiger partial charge < -0.3 is 34.1 Å². The molecular weight excluding hydrogens is 524 g/mol. The summed E-state index contributed by atoms with van der Waals surface area (Å²) in [6, 6.07) is 4.07. The number of ether oxygens (including phenoxy) is 3. The number of aromatic nitrogens is 6. The van der Waals surface area contributed by atoms with Gasteiger partial charge in [-0.15, -0.1) is 0 Å². The number of hydrogen-bond acceptors (Lipinski definition) is 10. The molecule has 1 aromatic carbocycles. The van der Waals surface area contributed by atoms with E-state index in [0.29, 0.717) is 35.1 Å². The highest BCUT2D eigenvalue weighted by atomic mass is 16.5. The van der Waals surface area contributed by atoms with Crippen molar-refractivity contribution in [3.63, 3.8) is 0 Å². The molecule has 0 unspecified atom stereocenters. The van der Waals surface area contributed by atoms with Crippen molar-refractivity contribution in [2.45, 2.75) is 64.0 Å². The van der Waals surface area contributed by atoms with Gasteiger partial charge in [0.05, 0.1) is 63.0 Å². The Kier molecular flexibility index (Phi) is 7.57. The molecule has 1 saturated carbocycles. The summed E-state index contributed by atoms with van der Waals surface area (Å²) < 4.78 is 20.5. The predicted molar refractivity (Wildman–Crippen MR) is 156 cm³/mol. The third-order valence-corrected chi connectivity index (χ3v) is 8.26. The van der Waals surface area contributed by atoms with Gasteiger partial charge in [0.15, 0.2) is 23.0 Å². The number of nitrogens with zero attached hydrogens (tertiary/aromatic N) is 7. The molecule has 2 fully saturated rings. The number of methoxy groups -OCH3 is 3. The van der Waals surface area contributed by atoms with Crippen molar-refractivity contribution in [1.82, 2.24) is 29.3 Å². The molecular formula is C29H38N8O4. The lowest BCUT2D eigenvalue weighted by Crippen LogP contribution is -2.33. The fraction of sp³-hybridized carbons (Fsp3) is 0.517. The van der Waals surface area contributed by atoms with Gasteiger partial charge in [-0.05, 0) is 32.6 Å². The Hall–Kier alpha value is -4.06. The van der Waals surface area contributed by atoms with E-state index < -0.39 is 0 Å². The highest BCUT2D eigenvalue weighted by Crippen LogP contribution is 2.40. The van der Waals surface area contributed by atoms with E-state index in [1.165, 1.54) is 19.3 Å². The van der Waals surface area contributed by atoms with Gasteiger partial charge in [-0.3, -0.25) is 0 Å². The lowest BCUT2D eigenvalue weighted by atomic mass is 9.96. The topological polar surface area (TPSA) is 125 Å². The van der Waals surface area contributed by atoms with Gasteiger partial charge in [0, 0.05) is 18.7 Å². The minimum absolute atomic E-state index is 0.0256. The largest absolute Gasteiger partial charge is 0.493 e. The van der Waals surface area contributed by atoms with E-state index in [4.69, 9.17) is 29.3 Å². The third-order valence-electron chi connectivity index (χ3n) is 8.26. The molecule has 12 nitrogen and oxygen atoms in total. The smallest absolute Gasteiger partial charge is 0.232 e. The zero-order valence-electron chi connectivity index (χ0n) is 24.1. The molecule has 4 heterocycles. The average molecular weight is 563 g/mol. The molecule has 0 radical (unpaired) electrons. The monoisotopic (exact) mass is 562 g/mol. The summed E-state index contributed by atoms with van der Waals surface area (Å²) in [6.45, 7) is 2.95. The molecule has 4 aromatic rings. The van der Waals surface area contributed by atoms with Crippen LogP contribution in [-0.2, 0) is 0 Å². The van der Waals surface area contributed by atoms with E-state index in [1.807, 2.05) is 29.8 Å². The number of anilines is 3. The molecule has 0 amide bonds. The summed E-state index contributed by atoms with van der Waals surface area (Å²) in [5.41, 5.74) is 2.54. The molecule has 3 aromatic heterocycles. The summed E-state index contributed by atoms with van der Waals surface area (Å²) >= 11 is 0. The van der Waals surface area contributed by atoms with Crippen LogP contribution in [0, 0.1) is 6.92 Å². The Balaban J connectivity index is 1.39. The van der Waals surface area contributed by atoms with Crippen molar-refractivity contribution in [1.29, 1.82) is 0 Å². The van der Waals surface area contributed by atoms with Crippen molar-refractivity contribution < 1.29 is 19.3 Å². The van der Waals surface area contributed by atoms with Crippen LogP contribution in [0.3, 0.4) is 0 Å². The third kappa shape index (κ3) is 5.01. The Morgan fingerprint density at radius 2 is 1.73 bits per heavy atom. The van der Waals surface area contributed by atoms with Crippen molar-refractivity contribution in [3.8, 4) is 22.9 Å². The fourth-order valence-corrected chi connectivity index (χ4v) is 6.19. The van der Waals surface area contributed by atoms with E-state index in [-0.39, 0.29) is 12.6 Å². The summed E-state index contributed by atoms with van der Waals surface area (Å²) in [4.78, 5) is 16.8. The average Bonchev–Trinajstić information content (AvgIpc) is 3.75. The molecule has 218 valence electrons. The van der Waals surface area contributed by atoms with Gasteiger partial charge in [0.25, 0.3) is 0 Å². The quantitative estimate of drug-likeness (QED) is 0.300. The lowest BCUT2D eigenvalue weighted by Gasteiger charge is -2.26. The van der Waals surface area contributed by atoms with Crippen LogP contribution < -0.4 is 24.4 Å². The van der Waals surface area contributed by atoms with Gasteiger partial charge in [0.1, 0.15) is 12.1 Å². The summed E-state index contributed by atoms with van der Waals surface area (Å²) in [6.07, 6.45) is 11.4. The maximum absolute atomic E-state index is 10.1. The second-order valence-corrected chi connectivity index (χ2v) is 10.7. The molecule has 2 aliphatic rings. The molecule has 0 spiro atoms. The van der Waals surface area contributed by atoms with E-state index in [0.717, 1.165) is 60.5 Å². The number of aliphatic hydroxyl groups is 1. The lowest BCUT2D eigenvalue weighted by molar-refractivity contribution is 0.266. The molecule has 1 aliphatic carbocycles. The van der Waals surface area contributed by atoms with E-state index in [1.54, 1.807) is 27.7 Å². The number of aliphatic hydroxyl groups excluding tert-OH is 1. The minimum atomic E-state index is 0.0256. The fourth-order valence-electron chi connectivity index (χ4n) is 6.19. The highest BCUT2D eigenvalue weighted by Gasteiger charge is 2.31. The van der Waals surface area contributed by atoms with Crippen molar-refractivity contribution in [2.24, 2.45) is 0 Å². The van der Waals surface area contributed by atoms with Crippen LogP contribution >= 0.6 is 0 Å². The first-order chi connectivity index (χ1) is 20.0. The van der Waals surface area contributed by atoms with Gasteiger partial charge >= 0.3 is 0 Å². The number of imidazole rings is 1. The minimum Gasteiger partial charge on any atom is -0.493 e. The molecule has 0 bridgehead atoms. The number of aryl methyl sites for hydroxylation is 1. The van der Waals surface area contributed by atoms with Crippen LogP contribution in [0.2, 0.25) is 0 Å². The highest BCUT2D eigenvalue weighted by molar-refractivity contribution is 5.91. The first-order valence-electron chi connectivity index (χ1n) is 14.3. The predicted octanol–water partition coefficient (Wildman–Crippen LogP) is 4.56. The second kappa shape index (κ2) is 11.4. The summed E-state index contributed by atoms with van der Waals surface area (Å²) in [7, 11) is 4.76. The van der Waals surface area contributed by atoms with Crippen molar-refractivity contribution in [3.05, 3.63) is 30.4 Å². The van der Waals surface area contributed by atoms with Gasteiger partial charge in [-0.2, -0.15) is 15.1 Å². The SMILES string of the molecule is COc1cc(-n2cnc(Nc3nc(N4CCC[C@H]4CO)c4c(C)nn(C5CCCCC5)c4n3)c2)cc(OC)c1OC. The first-order valence-corrected chi connectivity index (χ1v) is 14.3. The van der Waals surface area contributed by atoms with E-state index in [2.05, 4.69) is 19.9 Å². The number of fused-ring (bicyclic) bond motifs is 1. The number of hydrogen-bond donors (Lipinski definition) is 2. The van der Waals surface area contributed by atoms with Gasteiger partial charge in [0.2, 0.25) is 11.7 Å². The number of benzene rings is 1. The Morgan fingerprint density at radius 1 is 0.976 bits per heavy atom. The normalized spacial score (nSPS) is 17.8. The van der Waals surface area contributed by atoms with Gasteiger partial charge in [-0.25, -0.2) is 9.67 Å². The van der Waals surface area contributed by atoms with Crippen LogP contribution in [0.4, 0.5) is 17.6 Å². The second-order valence-electron chi connectivity index (χ2n) is 10.7. The summed E-state index contributed by atoms with van der Waals surface area (Å²) in [5, 5.41) is 19.4. The van der Waals surface area contributed by atoms with Crippen molar-refractivity contribution >= 4 is 28.6 Å². The maximum Gasteiger partial charge on any atom is 0.232 e. The van der Waals surface area contributed by atoms with Crippen LogP contribution in [0.25, 0.3) is 16.7 Å². The number of nitrogens with one attached hydrogen (secondary N) is 1. The Labute approximate surface area is 239 Å². The first kappa shape index (κ1) is 27.1. The van der Waals surface area contributed by atoms with Crippen LogP contribution in [0.15, 0.2) is 24.7 Å². The Morgan fingerprint density at radius 3 is 2.41 bits per heavy atom. The maximum atomic E-state index is 10.1. The molecule has 1 saturated heterocycles. The van der Waals surface area contributed by atoms with Crippen LogP contribution in [-0.4, -0.2) is 74.9 Å². The zero-order valence-corrected chi connectivity index (χ0v) is 24.1. The molecule has 6 rings (SSSR count). The zero-order chi connectivity index (χ0) is 28.5. The molecule has 1 atom stereocenters. The van der Waals surface area contributed by atoms with E-state index in [9.17, 15) is 5.11 Å². The standard InChI is InChI=1S/C29H38N8O4/c1-18-25-27(36-12-8-11-20(36)16-38)32-29(33-28(25)37(34-18)19-9-6-5-7-10-19)31-24-15-35(17-30-24)21-13-22(39-2)26(41-4)23(14-21)40-3/h13-15,17,19-20,38H,5-12,16H2,1-4H3,(H,31,32,33)/t20-/m0/s1. The number of rotatable bonds is 9. The molecule has 2 N–H and O–H groups in total. The molecule has 12 heteroatoms. The Bertz CT molecular complexity index is 1500. The van der Waals surface area contributed by atoms with Crippen LogP contribution in [0.5, 0.6) is 17.2 Å². The summed E-state index contributed by atoms with van der Waals surface area (Å²) in [5.74, 6) is 3.49. The molecule has 1 aliphatic heterocycles.